The van der Waals surface area contributed by atoms with Crippen LogP contribution in [0.3, 0.4) is 0 Å². The molecule has 5 nitrogen and oxygen atoms in total. The van der Waals surface area contributed by atoms with Crippen molar-refractivity contribution in [2.45, 2.75) is 13.8 Å². The van der Waals surface area contributed by atoms with E-state index >= 15 is 0 Å². The van der Waals surface area contributed by atoms with Gasteiger partial charge in [-0.15, -0.1) is 5.10 Å². The number of hydrogen-bond donors (Lipinski definition) is 0. The van der Waals surface area contributed by atoms with Gasteiger partial charge in [-0.3, -0.25) is 0 Å². The van der Waals surface area contributed by atoms with Crippen molar-refractivity contribution in [2.24, 2.45) is 0 Å². The highest BCUT2D eigenvalue weighted by molar-refractivity contribution is 9.10. The average molecular weight is 266 g/mol. The summed E-state index contributed by atoms with van der Waals surface area (Å²) in [5, 5.41) is 4.37. The SMILES string of the molecule is Cc1c(Br)c(C)[n+]2[n-]c3nccnc3n12. The molecule has 0 aliphatic heterocycles. The van der Waals surface area contributed by atoms with Gasteiger partial charge in [0, 0.05) is 18.8 Å². The third-order valence-electron chi connectivity index (χ3n) is 2.49. The Morgan fingerprint density at radius 2 is 2.07 bits per heavy atom. The van der Waals surface area contributed by atoms with Crippen molar-refractivity contribution in [3.8, 4) is 0 Å². The Hall–Kier alpha value is -1.43. The molecular formula is C9H8BrN5. The second-order valence-electron chi connectivity index (χ2n) is 3.39. The van der Waals surface area contributed by atoms with Crippen molar-refractivity contribution < 1.29 is 4.63 Å². The number of aromatic nitrogens is 5. The predicted octanol–water partition coefficient (Wildman–Crippen LogP) is 0.805. The summed E-state index contributed by atoms with van der Waals surface area (Å²) in [6.45, 7) is 4.02. The predicted molar refractivity (Wildman–Crippen MR) is 56.6 cm³/mol. The molecule has 6 heteroatoms. The molecule has 0 spiro atoms. The molecule has 0 fully saturated rings. The van der Waals surface area contributed by atoms with Gasteiger partial charge in [0.25, 0.3) is 0 Å². The van der Waals surface area contributed by atoms with Crippen LogP contribution in [0, 0.1) is 13.8 Å². The van der Waals surface area contributed by atoms with Crippen LogP contribution in [0.1, 0.15) is 11.4 Å². The Bertz CT molecular complexity index is 666. The van der Waals surface area contributed by atoms with E-state index in [1.165, 1.54) is 0 Å². The molecule has 0 radical (unpaired) electrons. The quantitative estimate of drug-likeness (QED) is 0.565. The number of hydrogen-bond acceptors (Lipinski definition) is 2. The molecule has 0 atom stereocenters. The fourth-order valence-corrected chi connectivity index (χ4v) is 2.06. The van der Waals surface area contributed by atoms with Crippen LogP contribution in [-0.4, -0.2) is 14.5 Å². The van der Waals surface area contributed by atoms with E-state index in [0.29, 0.717) is 5.65 Å². The van der Waals surface area contributed by atoms with E-state index in [9.17, 15) is 0 Å². The van der Waals surface area contributed by atoms with E-state index in [2.05, 4.69) is 31.0 Å². The first kappa shape index (κ1) is 8.84. The molecular weight excluding hydrogens is 258 g/mol. The monoisotopic (exact) mass is 265 g/mol. The second-order valence-corrected chi connectivity index (χ2v) is 4.18. The molecule has 0 saturated heterocycles. The minimum Gasteiger partial charge on any atom is -0.361 e. The smallest absolute Gasteiger partial charge is 0.227 e. The molecule has 0 amide bonds. The van der Waals surface area contributed by atoms with Gasteiger partial charge in [0.15, 0.2) is 5.65 Å². The van der Waals surface area contributed by atoms with Crippen LogP contribution in [0.25, 0.3) is 11.3 Å². The highest BCUT2D eigenvalue weighted by Gasteiger charge is 2.18. The van der Waals surface area contributed by atoms with E-state index in [0.717, 1.165) is 21.5 Å². The molecule has 0 aromatic carbocycles. The van der Waals surface area contributed by atoms with Crippen molar-refractivity contribution in [1.82, 2.24) is 19.6 Å². The van der Waals surface area contributed by atoms with Gasteiger partial charge in [0.1, 0.15) is 5.65 Å². The first-order valence-electron chi connectivity index (χ1n) is 4.53. The third kappa shape index (κ3) is 0.995. The molecule has 15 heavy (non-hydrogen) atoms. The summed E-state index contributed by atoms with van der Waals surface area (Å²) in [5.74, 6) is 0. The Kier molecular flexibility index (Phi) is 1.64. The minimum atomic E-state index is 0.663. The molecule has 0 bridgehead atoms. The van der Waals surface area contributed by atoms with Gasteiger partial charge in [-0.05, 0) is 29.1 Å². The minimum absolute atomic E-state index is 0.663. The second kappa shape index (κ2) is 2.79. The van der Waals surface area contributed by atoms with E-state index in [-0.39, 0.29) is 0 Å². The summed E-state index contributed by atoms with van der Waals surface area (Å²) in [5.41, 5.74) is 3.57. The zero-order valence-electron chi connectivity index (χ0n) is 8.27. The zero-order chi connectivity index (χ0) is 10.6. The summed E-state index contributed by atoms with van der Waals surface area (Å²) in [7, 11) is 0. The van der Waals surface area contributed by atoms with E-state index in [1.54, 1.807) is 12.4 Å². The Labute approximate surface area is 93.9 Å². The number of halogens is 1. The lowest BCUT2D eigenvalue weighted by Gasteiger charge is -1.92. The fraction of sp³-hybridized carbons (Fsp3) is 0.222. The van der Waals surface area contributed by atoms with E-state index < -0.39 is 0 Å². The van der Waals surface area contributed by atoms with Gasteiger partial charge in [0.2, 0.25) is 5.69 Å². The largest absolute Gasteiger partial charge is 0.361 e. The first-order valence-corrected chi connectivity index (χ1v) is 5.32. The number of fused-ring (bicyclic) bond motifs is 3. The third-order valence-corrected chi connectivity index (χ3v) is 3.64. The molecule has 3 heterocycles. The topological polar surface area (TPSA) is 48.4 Å². The summed E-state index contributed by atoms with van der Waals surface area (Å²) >= 11 is 3.53. The molecule has 0 aliphatic rings. The highest BCUT2D eigenvalue weighted by Crippen LogP contribution is 2.19. The van der Waals surface area contributed by atoms with Gasteiger partial charge in [0.05, 0.1) is 4.47 Å². The van der Waals surface area contributed by atoms with Crippen LogP contribution in [0.4, 0.5) is 0 Å². The zero-order valence-corrected chi connectivity index (χ0v) is 9.85. The Morgan fingerprint density at radius 1 is 1.33 bits per heavy atom. The van der Waals surface area contributed by atoms with Crippen LogP contribution >= 0.6 is 15.9 Å². The van der Waals surface area contributed by atoms with Crippen LogP contribution in [-0.2, 0) is 0 Å². The van der Waals surface area contributed by atoms with Crippen LogP contribution in [0.15, 0.2) is 16.9 Å². The van der Waals surface area contributed by atoms with E-state index in [1.807, 2.05) is 23.0 Å². The lowest BCUT2D eigenvalue weighted by molar-refractivity contribution is -0.680. The highest BCUT2D eigenvalue weighted by atomic mass is 79.9. The number of aryl methyl sites for hydroxylation is 2. The van der Waals surface area contributed by atoms with Crippen molar-refractivity contribution in [3.63, 3.8) is 0 Å². The van der Waals surface area contributed by atoms with Crippen LogP contribution < -0.4 is 9.73 Å². The number of rotatable bonds is 0. The molecule has 0 N–H and O–H groups in total. The Balaban J connectivity index is 2.65. The molecule has 3 rings (SSSR count). The molecule has 0 unspecified atom stereocenters. The normalized spacial score (nSPS) is 11.7. The van der Waals surface area contributed by atoms with Crippen molar-refractivity contribution >= 4 is 27.2 Å². The molecule has 3 aromatic rings. The average Bonchev–Trinajstić information content (AvgIpc) is 2.72. The lowest BCUT2D eigenvalue weighted by atomic mass is 10.4. The van der Waals surface area contributed by atoms with Gasteiger partial charge in [-0.2, -0.15) is 4.52 Å². The molecule has 76 valence electrons. The summed E-state index contributed by atoms with van der Waals surface area (Å²) in [4.78, 5) is 8.45. The molecule has 3 aromatic heterocycles. The Morgan fingerprint density at radius 3 is 2.87 bits per heavy atom. The fourth-order valence-electron chi connectivity index (χ4n) is 1.74. The number of nitrogens with zero attached hydrogens (tertiary/aromatic N) is 5. The van der Waals surface area contributed by atoms with Gasteiger partial charge in [-0.25, -0.2) is 4.98 Å². The maximum atomic E-state index is 4.37. The van der Waals surface area contributed by atoms with Crippen molar-refractivity contribution in [2.75, 3.05) is 0 Å². The molecule has 0 saturated carbocycles. The van der Waals surface area contributed by atoms with Crippen LogP contribution in [0.5, 0.6) is 0 Å². The van der Waals surface area contributed by atoms with E-state index in [4.69, 9.17) is 0 Å². The van der Waals surface area contributed by atoms with Gasteiger partial charge < -0.3 is 4.98 Å². The standard InChI is InChI=1S/C9H8BrN5/c1-5-7(10)6(2)15-13-8-9(14(5)15)12-4-3-11-8/h3-4H,1-2H3. The summed E-state index contributed by atoms with van der Waals surface area (Å²) in [6, 6.07) is 0. The summed E-state index contributed by atoms with van der Waals surface area (Å²) in [6.07, 6.45) is 3.32. The van der Waals surface area contributed by atoms with Crippen molar-refractivity contribution in [1.29, 1.82) is 0 Å². The lowest BCUT2D eigenvalue weighted by Crippen LogP contribution is -2.32. The summed E-state index contributed by atoms with van der Waals surface area (Å²) < 4.78 is 4.81. The van der Waals surface area contributed by atoms with Crippen LogP contribution in [0.2, 0.25) is 0 Å². The van der Waals surface area contributed by atoms with Crippen molar-refractivity contribution in [3.05, 3.63) is 28.3 Å². The first-order chi connectivity index (χ1) is 7.20. The molecule has 0 aliphatic carbocycles. The maximum Gasteiger partial charge on any atom is 0.227 e. The van der Waals surface area contributed by atoms with Gasteiger partial charge in [-0.1, -0.05) is 4.63 Å². The van der Waals surface area contributed by atoms with Gasteiger partial charge >= 0.3 is 0 Å². The maximum absolute atomic E-state index is 4.37.